The Balaban J connectivity index is 0.00000400. The maximum Gasteiger partial charge on any atom is 0.320 e. The Bertz CT molecular complexity index is 1250. The van der Waals surface area contributed by atoms with Crippen LogP contribution in [-0.4, -0.2) is 29.1 Å². The Morgan fingerprint density at radius 2 is 1.61 bits per heavy atom. The van der Waals surface area contributed by atoms with Crippen LogP contribution in [0, 0.1) is 5.92 Å². The number of esters is 2. The number of hydrogen-bond donors (Lipinski definition) is 1. The van der Waals surface area contributed by atoms with Crippen LogP contribution >= 0.6 is 24.0 Å². The number of carbonyl (C=O) groups is 2. The minimum atomic E-state index is -1.01. The molecule has 1 aliphatic rings. The lowest BCUT2D eigenvalue weighted by Crippen LogP contribution is -2.32. The molecule has 6 nitrogen and oxygen atoms in total. The predicted molar refractivity (Wildman–Crippen MR) is 153 cm³/mol. The molecule has 0 atom stereocenters. The first-order chi connectivity index (χ1) is 17.7. The summed E-state index contributed by atoms with van der Waals surface area (Å²) < 4.78 is 10.6. The van der Waals surface area contributed by atoms with Gasteiger partial charge in [0.25, 0.3) is 0 Å². The Morgan fingerprint density at radius 3 is 2.21 bits per heavy atom. The second kappa shape index (κ2) is 13.1. The van der Waals surface area contributed by atoms with Crippen molar-refractivity contribution >= 4 is 47.3 Å². The number of hydrogen-bond acceptors (Lipinski definition) is 6. The van der Waals surface area contributed by atoms with Gasteiger partial charge in [0.2, 0.25) is 0 Å². The zero-order chi connectivity index (χ0) is 26.5. The van der Waals surface area contributed by atoms with E-state index in [-0.39, 0.29) is 31.0 Å². The number of aryl methyl sites for hydroxylation is 1. The summed E-state index contributed by atoms with van der Waals surface area (Å²) >= 11 is 6.22. The average Bonchev–Trinajstić information content (AvgIpc) is 3.31. The molecule has 1 aliphatic carbocycles. The summed E-state index contributed by atoms with van der Waals surface area (Å²) in [4.78, 5) is 30.1. The van der Waals surface area contributed by atoms with Crippen molar-refractivity contribution in [1.29, 1.82) is 0 Å². The number of carbonyl (C=O) groups excluding carboxylic acids is 2. The number of nitrogens with zero attached hydrogens (tertiary/aromatic N) is 1. The van der Waals surface area contributed by atoms with Crippen LogP contribution in [0.3, 0.4) is 0 Å². The Kier molecular flexibility index (Phi) is 10.2. The number of aromatic nitrogens is 1. The van der Waals surface area contributed by atoms with Crippen molar-refractivity contribution in [2.45, 2.75) is 65.6 Å². The third-order valence-electron chi connectivity index (χ3n) is 6.12. The van der Waals surface area contributed by atoms with Crippen molar-refractivity contribution in [3.8, 4) is 11.3 Å². The molecule has 0 radical (unpaired) electrons. The second-order valence-corrected chi connectivity index (χ2v) is 10.3. The van der Waals surface area contributed by atoms with E-state index < -0.39 is 17.9 Å². The number of nitrogens with one attached hydrogen (secondary N) is 1. The molecule has 0 fully saturated rings. The maximum absolute atomic E-state index is 12.6. The lowest BCUT2D eigenvalue weighted by Gasteiger charge is -2.19. The zero-order valence-corrected chi connectivity index (χ0v) is 23.7. The molecule has 38 heavy (non-hydrogen) atoms. The fraction of sp³-hybridized carbons (Fsp3) is 0.367. The lowest BCUT2D eigenvalue weighted by atomic mass is 9.99. The van der Waals surface area contributed by atoms with Crippen molar-refractivity contribution in [1.82, 2.24) is 4.98 Å². The summed E-state index contributed by atoms with van der Waals surface area (Å²) in [6, 6.07) is 17.5. The van der Waals surface area contributed by atoms with Crippen LogP contribution in [0.2, 0.25) is 5.02 Å². The van der Waals surface area contributed by atoms with E-state index in [2.05, 4.69) is 11.4 Å². The molecule has 1 N–H and O–H groups in total. The number of pyridine rings is 1. The summed E-state index contributed by atoms with van der Waals surface area (Å²) in [6.07, 6.45) is 2.60. The molecule has 3 aromatic rings. The molecule has 1 heterocycles. The van der Waals surface area contributed by atoms with Gasteiger partial charge in [0.15, 0.2) is 5.92 Å². The number of halogens is 2. The average molecular weight is 558 g/mol. The van der Waals surface area contributed by atoms with Gasteiger partial charge < -0.3 is 14.8 Å². The van der Waals surface area contributed by atoms with Gasteiger partial charge in [0.1, 0.15) is 0 Å². The summed E-state index contributed by atoms with van der Waals surface area (Å²) in [7, 11) is 0. The quantitative estimate of drug-likeness (QED) is 0.223. The summed E-state index contributed by atoms with van der Waals surface area (Å²) in [5.41, 5.74) is 7.01. The normalized spacial score (nSPS) is 12.3. The number of anilines is 2. The topological polar surface area (TPSA) is 77.5 Å². The second-order valence-electron chi connectivity index (χ2n) is 9.89. The monoisotopic (exact) mass is 556 g/mol. The summed E-state index contributed by atoms with van der Waals surface area (Å²) in [5, 5.41) is 4.23. The molecule has 0 saturated carbocycles. The molecular weight excluding hydrogens is 523 g/mol. The fourth-order valence-corrected chi connectivity index (χ4v) is 4.65. The lowest BCUT2D eigenvalue weighted by molar-refractivity contribution is -0.166. The SMILES string of the molecule is CC(C)OC(=O)C(Cc1ccc(Nc2cc(-c3cccc(Cl)c3)nc3c2CCC3)cc1)C(=O)OC(C)C.Cl. The zero-order valence-electron chi connectivity index (χ0n) is 22.1. The van der Waals surface area contributed by atoms with Crippen molar-refractivity contribution < 1.29 is 19.1 Å². The van der Waals surface area contributed by atoms with E-state index in [4.69, 9.17) is 26.1 Å². The first-order valence-corrected chi connectivity index (χ1v) is 13.1. The van der Waals surface area contributed by atoms with Crippen LogP contribution in [0.4, 0.5) is 11.4 Å². The smallest absolute Gasteiger partial charge is 0.320 e. The van der Waals surface area contributed by atoms with Crippen molar-refractivity contribution in [3.63, 3.8) is 0 Å². The van der Waals surface area contributed by atoms with E-state index in [0.717, 1.165) is 53.2 Å². The van der Waals surface area contributed by atoms with Gasteiger partial charge in [0.05, 0.1) is 17.9 Å². The third-order valence-corrected chi connectivity index (χ3v) is 6.35. The van der Waals surface area contributed by atoms with E-state index in [1.165, 1.54) is 5.56 Å². The predicted octanol–water partition coefficient (Wildman–Crippen LogP) is 7.12. The molecule has 0 amide bonds. The van der Waals surface area contributed by atoms with Crippen LogP contribution in [-0.2, 0) is 38.3 Å². The van der Waals surface area contributed by atoms with Crippen molar-refractivity contribution in [2.75, 3.05) is 5.32 Å². The maximum atomic E-state index is 12.6. The van der Waals surface area contributed by atoms with Crippen LogP contribution < -0.4 is 5.32 Å². The van der Waals surface area contributed by atoms with Gasteiger partial charge in [-0.05, 0) is 94.8 Å². The van der Waals surface area contributed by atoms with Crippen molar-refractivity contribution in [3.05, 3.63) is 76.4 Å². The van der Waals surface area contributed by atoms with E-state index in [9.17, 15) is 9.59 Å². The van der Waals surface area contributed by atoms with Crippen LogP contribution in [0.5, 0.6) is 0 Å². The molecular formula is C30H34Cl2N2O4. The molecule has 0 unspecified atom stereocenters. The summed E-state index contributed by atoms with van der Waals surface area (Å²) in [5.74, 6) is -2.14. The van der Waals surface area contributed by atoms with Crippen molar-refractivity contribution in [2.24, 2.45) is 5.92 Å². The van der Waals surface area contributed by atoms with Gasteiger partial charge in [-0.1, -0.05) is 35.9 Å². The highest BCUT2D eigenvalue weighted by Gasteiger charge is 2.31. The molecule has 202 valence electrons. The van der Waals surface area contributed by atoms with Gasteiger partial charge in [0, 0.05) is 27.7 Å². The number of ether oxygens (including phenoxy) is 2. The van der Waals surface area contributed by atoms with Gasteiger partial charge in [-0.25, -0.2) is 0 Å². The molecule has 0 bridgehead atoms. The Labute approximate surface area is 235 Å². The highest BCUT2D eigenvalue weighted by Crippen LogP contribution is 2.34. The highest BCUT2D eigenvalue weighted by atomic mass is 35.5. The Hall–Kier alpha value is -3.09. The van der Waals surface area contributed by atoms with Crippen LogP contribution in [0.25, 0.3) is 11.3 Å². The van der Waals surface area contributed by atoms with Gasteiger partial charge in [-0.15, -0.1) is 12.4 Å². The first-order valence-electron chi connectivity index (χ1n) is 12.7. The minimum absolute atomic E-state index is 0. The number of rotatable bonds is 9. The third kappa shape index (κ3) is 7.49. The highest BCUT2D eigenvalue weighted by molar-refractivity contribution is 6.30. The standard InChI is InChI=1S/C30H33ClN2O4.ClH/c1-18(2)36-29(34)25(30(35)37-19(3)4)15-20-11-13-23(14-12-20)32-28-17-27(21-7-5-8-22(31)16-21)33-26-10-6-9-24(26)28;/h5,7-8,11-14,16-19,25H,6,9-10,15H2,1-4H3,(H,32,33);1H. The van der Waals surface area contributed by atoms with Gasteiger partial charge in [-0.2, -0.15) is 0 Å². The van der Waals surface area contributed by atoms with Crippen LogP contribution in [0.15, 0.2) is 54.6 Å². The minimum Gasteiger partial charge on any atom is -0.462 e. The Morgan fingerprint density at radius 1 is 0.947 bits per heavy atom. The number of fused-ring (bicyclic) bond motifs is 1. The van der Waals surface area contributed by atoms with Gasteiger partial charge >= 0.3 is 11.9 Å². The first kappa shape index (κ1) is 29.5. The molecule has 1 aromatic heterocycles. The largest absolute Gasteiger partial charge is 0.462 e. The van der Waals surface area contributed by atoms with E-state index in [1.54, 1.807) is 27.7 Å². The molecule has 8 heteroatoms. The van der Waals surface area contributed by atoms with E-state index >= 15 is 0 Å². The van der Waals surface area contributed by atoms with E-state index in [0.29, 0.717) is 5.02 Å². The fourth-order valence-electron chi connectivity index (χ4n) is 4.46. The molecule has 0 spiro atoms. The summed E-state index contributed by atoms with van der Waals surface area (Å²) in [6.45, 7) is 7.04. The number of benzene rings is 2. The van der Waals surface area contributed by atoms with E-state index in [1.807, 2.05) is 48.5 Å². The molecule has 0 saturated heterocycles. The molecule has 0 aliphatic heterocycles. The molecule has 2 aromatic carbocycles. The van der Waals surface area contributed by atoms with Gasteiger partial charge in [-0.3, -0.25) is 14.6 Å². The van der Waals surface area contributed by atoms with Crippen LogP contribution in [0.1, 0.15) is 50.9 Å². The molecule has 4 rings (SSSR count).